The lowest BCUT2D eigenvalue weighted by Crippen LogP contribution is -2.35. The first-order valence-electron chi connectivity index (χ1n) is 8.75. The summed E-state index contributed by atoms with van der Waals surface area (Å²) in [5, 5.41) is 5.23. The van der Waals surface area contributed by atoms with E-state index in [9.17, 15) is 13.2 Å². The molecule has 1 aromatic carbocycles. The summed E-state index contributed by atoms with van der Waals surface area (Å²) < 4.78 is 28.0. The van der Waals surface area contributed by atoms with Gasteiger partial charge in [0.15, 0.2) is 5.13 Å². The van der Waals surface area contributed by atoms with Crippen molar-refractivity contribution in [1.29, 1.82) is 0 Å². The summed E-state index contributed by atoms with van der Waals surface area (Å²) in [6.45, 7) is 1.15. The number of nitrogens with zero attached hydrogens (tertiary/aromatic N) is 2. The summed E-state index contributed by atoms with van der Waals surface area (Å²) in [5.41, 5.74) is 0.684. The van der Waals surface area contributed by atoms with Gasteiger partial charge in [0.25, 0.3) is 0 Å². The molecule has 1 saturated heterocycles. The lowest BCUT2D eigenvalue weighted by atomic mass is 10.2. The smallest absolute Gasteiger partial charge is 0.243 e. The minimum absolute atomic E-state index is 0.127. The molecule has 0 saturated carbocycles. The Labute approximate surface area is 165 Å². The third kappa shape index (κ3) is 4.06. The maximum atomic E-state index is 12.8. The number of thiophene rings is 1. The highest BCUT2D eigenvalue weighted by atomic mass is 32.2. The highest BCUT2D eigenvalue weighted by molar-refractivity contribution is 7.89. The van der Waals surface area contributed by atoms with Gasteiger partial charge in [-0.2, -0.15) is 4.31 Å². The molecule has 6 nitrogen and oxygen atoms in total. The molecular weight excluding hydrogens is 402 g/mol. The van der Waals surface area contributed by atoms with E-state index in [2.05, 4.69) is 10.3 Å². The minimum Gasteiger partial charge on any atom is -0.302 e. The van der Waals surface area contributed by atoms with Crippen LogP contribution in [0.1, 0.15) is 24.1 Å². The highest BCUT2D eigenvalue weighted by Gasteiger charge is 2.26. The van der Waals surface area contributed by atoms with E-state index in [1.165, 1.54) is 22.7 Å². The van der Waals surface area contributed by atoms with Crippen molar-refractivity contribution in [3.05, 3.63) is 40.6 Å². The molecule has 1 aliphatic heterocycles. The third-order valence-corrected chi connectivity index (χ3v) is 8.18. The SMILES string of the molecule is O=C(Cc1cccs1)Nc1nc2ccc(S(=O)(=O)N3CCCCC3)cc2s1. The van der Waals surface area contributed by atoms with Crippen LogP contribution < -0.4 is 5.32 Å². The van der Waals surface area contributed by atoms with E-state index in [0.29, 0.717) is 30.2 Å². The Hall–Kier alpha value is -1.81. The molecule has 4 rings (SSSR count). The number of nitrogens with one attached hydrogen (secondary N) is 1. The summed E-state index contributed by atoms with van der Waals surface area (Å²) >= 11 is 2.83. The Morgan fingerprint density at radius 2 is 2.00 bits per heavy atom. The summed E-state index contributed by atoms with van der Waals surface area (Å²) in [5.74, 6) is -0.127. The van der Waals surface area contributed by atoms with E-state index in [1.807, 2.05) is 17.5 Å². The Bertz CT molecular complexity index is 1050. The normalized spacial score (nSPS) is 15.9. The van der Waals surface area contributed by atoms with Gasteiger partial charge < -0.3 is 5.32 Å². The molecular formula is C18H19N3O3S3. The van der Waals surface area contributed by atoms with Crippen LogP contribution in [0.4, 0.5) is 5.13 Å². The number of anilines is 1. The van der Waals surface area contributed by atoms with Gasteiger partial charge in [0, 0.05) is 18.0 Å². The summed E-state index contributed by atoms with van der Waals surface area (Å²) in [7, 11) is -3.48. The second-order valence-electron chi connectivity index (χ2n) is 6.42. The lowest BCUT2D eigenvalue weighted by molar-refractivity contribution is -0.115. The van der Waals surface area contributed by atoms with Crippen molar-refractivity contribution in [3.63, 3.8) is 0 Å². The maximum absolute atomic E-state index is 12.8. The van der Waals surface area contributed by atoms with Crippen molar-refractivity contribution < 1.29 is 13.2 Å². The molecule has 142 valence electrons. The van der Waals surface area contributed by atoms with E-state index < -0.39 is 10.0 Å². The number of amides is 1. The number of thiazole rings is 1. The molecule has 27 heavy (non-hydrogen) atoms. The first-order chi connectivity index (χ1) is 13.0. The second-order valence-corrected chi connectivity index (χ2v) is 10.4. The fourth-order valence-corrected chi connectivity index (χ4v) is 6.35. The Morgan fingerprint density at radius 1 is 1.19 bits per heavy atom. The first-order valence-corrected chi connectivity index (χ1v) is 11.9. The topological polar surface area (TPSA) is 79.4 Å². The fraction of sp³-hybridized carbons (Fsp3) is 0.333. The van der Waals surface area contributed by atoms with Crippen LogP contribution >= 0.6 is 22.7 Å². The number of carbonyl (C=O) groups excluding carboxylic acids is 1. The van der Waals surface area contributed by atoms with Crippen molar-refractivity contribution in [2.75, 3.05) is 18.4 Å². The molecule has 3 heterocycles. The number of piperidine rings is 1. The van der Waals surface area contributed by atoms with Crippen molar-refractivity contribution in [2.24, 2.45) is 0 Å². The van der Waals surface area contributed by atoms with E-state index >= 15 is 0 Å². The van der Waals surface area contributed by atoms with Crippen LogP contribution in [-0.4, -0.2) is 36.7 Å². The van der Waals surface area contributed by atoms with E-state index in [0.717, 1.165) is 28.8 Å². The molecule has 1 aliphatic rings. The molecule has 0 atom stereocenters. The van der Waals surface area contributed by atoms with Crippen LogP contribution in [0, 0.1) is 0 Å². The van der Waals surface area contributed by atoms with Gasteiger partial charge in [-0.3, -0.25) is 4.79 Å². The van der Waals surface area contributed by atoms with Crippen molar-refractivity contribution in [3.8, 4) is 0 Å². The minimum atomic E-state index is -3.48. The number of carbonyl (C=O) groups is 1. The van der Waals surface area contributed by atoms with Gasteiger partial charge >= 0.3 is 0 Å². The molecule has 0 spiro atoms. The maximum Gasteiger partial charge on any atom is 0.243 e. The van der Waals surface area contributed by atoms with Gasteiger partial charge in [0.1, 0.15) is 0 Å². The molecule has 2 aromatic heterocycles. The number of hydrogen-bond donors (Lipinski definition) is 1. The largest absolute Gasteiger partial charge is 0.302 e. The molecule has 0 bridgehead atoms. The highest BCUT2D eigenvalue weighted by Crippen LogP contribution is 2.30. The molecule has 1 N–H and O–H groups in total. The van der Waals surface area contributed by atoms with Gasteiger partial charge in [-0.25, -0.2) is 13.4 Å². The van der Waals surface area contributed by atoms with Crippen LogP contribution in [0.5, 0.6) is 0 Å². The average molecular weight is 422 g/mol. The van der Waals surface area contributed by atoms with Crippen LogP contribution in [0.2, 0.25) is 0 Å². The third-order valence-electron chi connectivity index (χ3n) is 4.47. The van der Waals surface area contributed by atoms with Crippen LogP contribution in [-0.2, 0) is 21.2 Å². The quantitative estimate of drug-likeness (QED) is 0.681. The van der Waals surface area contributed by atoms with Gasteiger partial charge in [-0.05, 0) is 42.5 Å². The molecule has 1 fully saturated rings. The average Bonchev–Trinajstić information content (AvgIpc) is 3.30. The van der Waals surface area contributed by atoms with Gasteiger partial charge in [0.05, 0.1) is 21.5 Å². The zero-order chi connectivity index (χ0) is 18.9. The van der Waals surface area contributed by atoms with Crippen molar-refractivity contribution >= 4 is 54.0 Å². The standard InChI is InChI=1S/C18H19N3O3S3/c22-17(11-13-5-4-10-25-13)20-18-19-15-7-6-14(12-16(15)26-18)27(23,24)21-8-2-1-3-9-21/h4-7,10,12H,1-3,8-9,11H2,(H,19,20,22). The predicted octanol–water partition coefficient (Wildman–Crippen LogP) is 3.71. The molecule has 1 amide bonds. The van der Waals surface area contributed by atoms with Crippen molar-refractivity contribution in [1.82, 2.24) is 9.29 Å². The zero-order valence-electron chi connectivity index (χ0n) is 14.6. The van der Waals surface area contributed by atoms with Crippen LogP contribution in [0.25, 0.3) is 10.2 Å². The number of rotatable bonds is 5. The van der Waals surface area contributed by atoms with Gasteiger partial charge in [-0.15, -0.1) is 11.3 Å². The number of hydrogen-bond acceptors (Lipinski definition) is 6. The number of benzene rings is 1. The van der Waals surface area contributed by atoms with E-state index in [1.54, 1.807) is 22.5 Å². The zero-order valence-corrected chi connectivity index (χ0v) is 17.0. The van der Waals surface area contributed by atoms with Crippen LogP contribution in [0.15, 0.2) is 40.6 Å². The number of aromatic nitrogens is 1. The summed E-state index contributed by atoms with van der Waals surface area (Å²) in [6.07, 6.45) is 3.20. The molecule has 0 aliphatic carbocycles. The summed E-state index contributed by atoms with van der Waals surface area (Å²) in [6, 6.07) is 8.79. The number of sulfonamides is 1. The first kappa shape index (κ1) is 18.5. The Morgan fingerprint density at radius 3 is 2.74 bits per heavy atom. The molecule has 0 radical (unpaired) electrons. The molecule has 9 heteroatoms. The monoisotopic (exact) mass is 421 g/mol. The lowest BCUT2D eigenvalue weighted by Gasteiger charge is -2.25. The Kier molecular flexibility index (Phi) is 5.27. The Balaban J connectivity index is 1.54. The van der Waals surface area contributed by atoms with Gasteiger partial charge in [-0.1, -0.05) is 23.8 Å². The number of fused-ring (bicyclic) bond motifs is 1. The van der Waals surface area contributed by atoms with Gasteiger partial charge in [0.2, 0.25) is 15.9 Å². The summed E-state index contributed by atoms with van der Waals surface area (Å²) in [4.78, 5) is 17.8. The van der Waals surface area contributed by atoms with E-state index in [-0.39, 0.29) is 10.8 Å². The molecule has 3 aromatic rings. The van der Waals surface area contributed by atoms with E-state index in [4.69, 9.17) is 0 Å². The second kappa shape index (κ2) is 7.67. The van der Waals surface area contributed by atoms with Crippen LogP contribution in [0.3, 0.4) is 0 Å². The van der Waals surface area contributed by atoms with Crippen molar-refractivity contribution in [2.45, 2.75) is 30.6 Å². The molecule has 0 unspecified atom stereocenters. The fourth-order valence-electron chi connectivity index (χ4n) is 3.11. The predicted molar refractivity (Wildman–Crippen MR) is 109 cm³/mol.